The van der Waals surface area contributed by atoms with Crippen LogP contribution in [0.3, 0.4) is 0 Å². The van der Waals surface area contributed by atoms with Crippen LogP contribution < -0.4 is 0 Å². The van der Waals surface area contributed by atoms with Gasteiger partial charge in [-0.3, -0.25) is 0 Å². The molecule has 5 atom stereocenters. The van der Waals surface area contributed by atoms with Crippen LogP contribution in [0.15, 0.2) is 0 Å². The summed E-state index contributed by atoms with van der Waals surface area (Å²) in [6.07, 6.45) is -47.1. The van der Waals surface area contributed by atoms with Gasteiger partial charge in [-0.15, -0.1) is 0 Å². The van der Waals surface area contributed by atoms with Gasteiger partial charge in [0.05, 0.1) is 22.7 Å². The largest absolute Gasteiger partial charge is 0.400 e. The summed E-state index contributed by atoms with van der Waals surface area (Å²) in [4.78, 5) is 0. The maximum Gasteiger partial charge on any atom is 0.400 e. The molecule has 33 heteroatoms. The van der Waals surface area contributed by atoms with Crippen LogP contribution in [0.4, 0.5) is 145 Å². The molecule has 0 N–H and O–H groups in total. The second kappa shape index (κ2) is 51.3. The van der Waals surface area contributed by atoms with Crippen LogP contribution in [0, 0.1) is 86.3 Å². The van der Waals surface area contributed by atoms with E-state index < -0.39 is 146 Å². The van der Waals surface area contributed by atoms with Gasteiger partial charge in [0, 0.05) is 19.3 Å². The summed E-state index contributed by atoms with van der Waals surface area (Å²) in [5, 5.41) is 0. The van der Waals surface area contributed by atoms with Gasteiger partial charge in [0.2, 0.25) is 0 Å². The van der Waals surface area contributed by atoms with Gasteiger partial charge in [-0.05, 0) is 71.0 Å². The highest BCUT2D eigenvalue weighted by atomic mass is 19.5. The zero-order valence-corrected chi connectivity index (χ0v) is 66.6. The van der Waals surface area contributed by atoms with E-state index in [0.717, 1.165) is 6.42 Å². The van der Waals surface area contributed by atoms with E-state index in [0.29, 0.717) is 62.2 Å². The van der Waals surface area contributed by atoms with Crippen molar-refractivity contribution in [2.45, 2.75) is 371 Å². The molecule has 0 aromatic heterocycles. The van der Waals surface area contributed by atoms with Gasteiger partial charge in [0.1, 0.15) is 0 Å². The van der Waals surface area contributed by atoms with Crippen LogP contribution in [-0.4, -0.2) is 67.9 Å². The maximum absolute atomic E-state index is 12.1. The summed E-state index contributed by atoms with van der Waals surface area (Å²) in [6.45, 7) is 49.0. The summed E-state index contributed by atoms with van der Waals surface area (Å²) >= 11 is 0. The van der Waals surface area contributed by atoms with Gasteiger partial charge in [0.15, 0.2) is 11.8 Å². The van der Waals surface area contributed by atoms with E-state index in [1.165, 1.54) is 55.4 Å². The van der Waals surface area contributed by atoms with Crippen molar-refractivity contribution in [2.75, 3.05) is 0 Å². The molecule has 0 amide bonds. The third kappa shape index (κ3) is 71.3. The number of halogens is 33. The Morgan fingerprint density at radius 1 is 0.308 bits per heavy atom. The fourth-order valence-electron chi connectivity index (χ4n) is 6.85. The molecule has 0 radical (unpaired) electrons. The predicted molar refractivity (Wildman–Crippen MR) is 352 cm³/mol. The SMILES string of the molecule is CC(C)(C)C(C)(C)C.CC(C)C(C)(C)C(F)(F)F.CC(C)CC(C(F)(F)F)C(F)(F)F.CCC(C)(C)CC(F)(F)F.CCC(C)[C@@H](C)C(F)(F)F.CCC(CC)CC(F)(F)F.CCCC(C)(C)C(F)(F)F.CCCCC(C(F)(F)F)C(F)(F)F.CCC[C@H](C)CC(F)(F)F.CC[C@H](C)C(C)C(F)(F)F. The Bertz CT molecular complexity index is 1910. The molecule has 0 bridgehead atoms. The number of rotatable bonds is 20. The highest BCUT2D eigenvalue weighted by Crippen LogP contribution is 2.46. The highest BCUT2D eigenvalue weighted by molar-refractivity contribution is 4.81. The average molecular weight is 1610 g/mol. The van der Waals surface area contributed by atoms with Crippen molar-refractivity contribution in [2.24, 2.45) is 86.3 Å². The number of hydrogen-bond acceptors (Lipinski definition) is 0. The fraction of sp³-hybridized carbons (Fsp3) is 1.00. The highest BCUT2D eigenvalue weighted by Gasteiger charge is 2.57. The molecule has 2 unspecified atom stereocenters. The van der Waals surface area contributed by atoms with Crippen molar-refractivity contribution in [1.82, 2.24) is 0 Å². The second-order valence-electron chi connectivity index (χ2n) is 31.0. The Balaban J connectivity index is -0.000000118. The fourth-order valence-corrected chi connectivity index (χ4v) is 6.85. The first-order chi connectivity index (χ1) is 45.0. The van der Waals surface area contributed by atoms with Crippen LogP contribution in [0.1, 0.15) is 304 Å². The van der Waals surface area contributed by atoms with Crippen molar-refractivity contribution in [3.05, 3.63) is 0 Å². The van der Waals surface area contributed by atoms with Crippen molar-refractivity contribution in [1.29, 1.82) is 0 Å². The van der Waals surface area contributed by atoms with Crippen LogP contribution in [0.25, 0.3) is 0 Å². The monoisotopic (exact) mass is 1610 g/mol. The molecule has 0 saturated heterocycles. The van der Waals surface area contributed by atoms with E-state index in [9.17, 15) is 145 Å². The quantitative estimate of drug-likeness (QED) is 0.107. The normalized spacial score (nSPS) is 14.9. The smallest absolute Gasteiger partial charge is 0.171 e. The molecule has 0 fully saturated rings. The first kappa shape index (κ1) is 123. The topological polar surface area (TPSA) is 0 Å². The molecule has 0 heterocycles. The molecule has 104 heavy (non-hydrogen) atoms. The predicted octanol–water partition coefficient (Wildman–Crippen LogP) is 34.0. The minimum absolute atomic E-state index is 0.0658. The van der Waals surface area contributed by atoms with Crippen LogP contribution in [0.2, 0.25) is 0 Å². The van der Waals surface area contributed by atoms with E-state index in [2.05, 4.69) is 41.5 Å². The first-order valence-corrected chi connectivity index (χ1v) is 34.7. The molecule has 0 aliphatic heterocycles. The average Bonchev–Trinajstić information content (AvgIpc) is 0.840. The van der Waals surface area contributed by atoms with E-state index >= 15 is 0 Å². The van der Waals surface area contributed by atoms with E-state index in [4.69, 9.17) is 0 Å². The Morgan fingerprint density at radius 3 is 0.721 bits per heavy atom. The minimum atomic E-state index is -5.19. The lowest BCUT2D eigenvalue weighted by Crippen LogP contribution is -2.37. The molecular weight excluding hydrogens is 1480 g/mol. The lowest BCUT2D eigenvalue weighted by atomic mass is 9.71. The van der Waals surface area contributed by atoms with Crippen molar-refractivity contribution in [3.8, 4) is 0 Å². The maximum atomic E-state index is 12.1. The Labute approximate surface area is 601 Å². The molecule has 0 nitrogen and oxygen atoms in total. The number of hydrogen-bond donors (Lipinski definition) is 0. The Morgan fingerprint density at radius 2 is 0.615 bits per heavy atom. The molecule has 0 aromatic rings. The van der Waals surface area contributed by atoms with Gasteiger partial charge in [-0.1, -0.05) is 265 Å². The molecular formula is C71H129F33. The zero-order chi connectivity index (χ0) is 87.1. The second-order valence-corrected chi connectivity index (χ2v) is 31.0. The van der Waals surface area contributed by atoms with Crippen LogP contribution >= 0.6 is 0 Å². The van der Waals surface area contributed by atoms with Gasteiger partial charge in [0.25, 0.3) is 0 Å². The standard InChI is InChI=1S/C8H18.2C7H10F6.7C7H13F3/c1-7(2,3)8(4,5)6;1-4(2)3-5(6(8,9)10)7(11,12)13;1-2-3-4-5(6(8,9)10)7(11,12)13;1-5(2)6(3,4)7(8,9)10;1-4-6(2,3)5-7(8,9)10;1-4-5-6(2,3)7(8,9)10;2*1-4-5(2)6(3)7(8,9)10;1-3-4-6(2)5-7(8,9)10;1-3-6(4-2)5-7(8,9)10/h1-6H3;4-5H,3H2,1-2H3;5H,2-4H2,1H3;5H,1-4H3;2*4-5H2,1-3H3;2*5-6H,4H2,1-3H3;2*6H,3-5H2,1-2H3/t;;;;;;5?,6-;5-,6?;6-;/m......100./s1. The first-order valence-electron chi connectivity index (χ1n) is 34.7. The van der Waals surface area contributed by atoms with Crippen LogP contribution in [0.5, 0.6) is 0 Å². The molecule has 0 aromatic carbocycles. The van der Waals surface area contributed by atoms with Gasteiger partial charge in [-0.2, -0.15) is 145 Å². The molecule has 644 valence electrons. The summed E-state index contributed by atoms with van der Waals surface area (Å²) in [7, 11) is 0. The lowest BCUT2D eigenvalue weighted by molar-refractivity contribution is -0.288. The van der Waals surface area contributed by atoms with Crippen LogP contribution in [-0.2, 0) is 0 Å². The molecule has 0 rings (SSSR count). The zero-order valence-electron chi connectivity index (χ0n) is 66.6. The third-order valence-electron chi connectivity index (χ3n) is 17.9. The number of alkyl halides is 33. The van der Waals surface area contributed by atoms with E-state index in [1.54, 1.807) is 96.9 Å². The summed E-state index contributed by atoms with van der Waals surface area (Å²) < 4.78 is 391. The van der Waals surface area contributed by atoms with Gasteiger partial charge < -0.3 is 0 Å². The van der Waals surface area contributed by atoms with Crippen molar-refractivity contribution >= 4 is 0 Å². The Kier molecular flexibility index (Phi) is 60.5. The Hall–Kier alpha value is -2.31. The summed E-state index contributed by atoms with van der Waals surface area (Å²) in [5.41, 5.74) is -2.80. The number of unbranched alkanes of at least 4 members (excludes halogenated alkanes) is 1. The molecule has 0 saturated carbocycles. The van der Waals surface area contributed by atoms with Gasteiger partial charge in [-0.25, -0.2) is 0 Å². The summed E-state index contributed by atoms with van der Waals surface area (Å²) in [6, 6.07) is 0. The lowest BCUT2D eigenvalue weighted by Gasteiger charge is -2.34. The molecule has 0 spiro atoms. The van der Waals surface area contributed by atoms with Crippen molar-refractivity contribution in [3.63, 3.8) is 0 Å². The minimum Gasteiger partial charge on any atom is -0.171 e. The molecule has 0 aliphatic carbocycles. The van der Waals surface area contributed by atoms with E-state index in [-0.39, 0.29) is 42.4 Å². The summed E-state index contributed by atoms with van der Waals surface area (Å²) in [5.74, 6) is -10.6. The third-order valence-corrected chi connectivity index (χ3v) is 17.9. The molecule has 0 aliphatic rings. The van der Waals surface area contributed by atoms with Gasteiger partial charge >= 0.3 is 67.9 Å². The van der Waals surface area contributed by atoms with Crippen molar-refractivity contribution < 1.29 is 145 Å². The van der Waals surface area contributed by atoms with E-state index in [1.807, 2.05) is 6.92 Å².